The number of hydrogen-bond acceptors (Lipinski definition) is 3. The van der Waals surface area contributed by atoms with Crippen LogP contribution in [0.15, 0.2) is 33.5 Å². The number of rotatable bonds is 0. The van der Waals surface area contributed by atoms with Crippen molar-refractivity contribution in [1.29, 1.82) is 0 Å². The van der Waals surface area contributed by atoms with Gasteiger partial charge in [0.1, 0.15) is 11.7 Å². The van der Waals surface area contributed by atoms with E-state index in [1.807, 2.05) is 24.3 Å². The first-order chi connectivity index (χ1) is 8.75. The summed E-state index contributed by atoms with van der Waals surface area (Å²) in [4.78, 5) is 12.3. The minimum atomic E-state index is -0.347. The average molecular weight is 307 g/mol. The van der Waals surface area contributed by atoms with Crippen molar-refractivity contribution >= 4 is 26.9 Å². The Morgan fingerprint density at radius 2 is 2.06 bits per heavy atom. The summed E-state index contributed by atoms with van der Waals surface area (Å²) in [5.74, 6) is 0.782. The van der Waals surface area contributed by atoms with Crippen LogP contribution in [0, 0.1) is 0 Å². The molecule has 2 heterocycles. The van der Waals surface area contributed by atoms with Crippen LogP contribution in [0.3, 0.4) is 0 Å². The van der Waals surface area contributed by atoms with Crippen molar-refractivity contribution in [3.63, 3.8) is 0 Å². The molecule has 1 fully saturated rings. The molecule has 0 N–H and O–H groups in total. The van der Waals surface area contributed by atoms with E-state index < -0.39 is 0 Å². The summed E-state index contributed by atoms with van der Waals surface area (Å²) in [5.41, 5.74) is 1.33. The summed E-state index contributed by atoms with van der Waals surface area (Å²) in [5, 5.41) is 1.00. The SMILES string of the molecule is O=c1oc2ccccc2c2c1OC1CCC2C1Br. The first-order valence-corrected chi connectivity index (χ1v) is 7.04. The Hall–Kier alpha value is -1.29. The summed E-state index contributed by atoms with van der Waals surface area (Å²) in [7, 11) is 0. The maximum Gasteiger partial charge on any atom is 0.379 e. The molecule has 3 nitrogen and oxygen atoms in total. The summed E-state index contributed by atoms with van der Waals surface area (Å²) < 4.78 is 11.1. The lowest BCUT2D eigenvalue weighted by Crippen LogP contribution is -2.32. The van der Waals surface area contributed by atoms with Gasteiger partial charge in [0.05, 0.1) is 4.83 Å². The van der Waals surface area contributed by atoms with Gasteiger partial charge < -0.3 is 9.15 Å². The zero-order valence-corrected chi connectivity index (χ0v) is 11.1. The number of alkyl halides is 1. The lowest BCUT2D eigenvalue weighted by molar-refractivity contribution is 0.193. The molecule has 4 heteroatoms. The minimum Gasteiger partial charge on any atom is -0.482 e. The second-order valence-corrected chi connectivity index (χ2v) is 5.97. The van der Waals surface area contributed by atoms with Gasteiger partial charge in [0.15, 0.2) is 0 Å². The fourth-order valence-corrected chi connectivity index (χ4v) is 4.04. The number of para-hydroxylation sites is 1. The van der Waals surface area contributed by atoms with Gasteiger partial charge in [0, 0.05) is 16.9 Å². The van der Waals surface area contributed by atoms with Crippen molar-refractivity contribution in [2.45, 2.75) is 29.7 Å². The van der Waals surface area contributed by atoms with E-state index in [9.17, 15) is 4.79 Å². The van der Waals surface area contributed by atoms with Crippen LogP contribution in [0.5, 0.6) is 5.75 Å². The highest BCUT2D eigenvalue weighted by Crippen LogP contribution is 2.49. The summed E-state index contributed by atoms with van der Waals surface area (Å²) in [6.45, 7) is 0. The van der Waals surface area contributed by atoms with E-state index in [1.165, 1.54) is 0 Å². The smallest absolute Gasteiger partial charge is 0.379 e. The number of halogens is 1. The van der Waals surface area contributed by atoms with Crippen molar-refractivity contribution in [3.8, 4) is 5.75 Å². The van der Waals surface area contributed by atoms with Crippen LogP contribution >= 0.6 is 15.9 Å². The van der Waals surface area contributed by atoms with Gasteiger partial charge in [0.25, 0.3) is 0 Å². The second kappa shape index (κ2) is 3.60. The monoisotopic (exact) mass is 306 g/mol. The Morgan fingerprint density at radius 1 is 1.22 bits per heavy atom. The predicted molar refractivity (Wildman–Crippen MR) is 71.6 cm³/mol. The third kappa shape index (κ3) is 1.27. The highest BCUT2D eigenvalue weighted by atomic mass is 79.9. The predicted octanol–water partition coefficient (Wildman–Crippen LogP) is 3.19. The molecule has 2 aliphatic rings. The molecule has 1 aromatic heterocycles. The van der Waals surface area contributed by atoms with Gasteiger partial charge >= 0.3 is 5.63 Å². The topological polar surface area (TPSA) is 39.4 Å². The largest absolute Gasteiger partial charge is 0.482 e. The molecule has 4 rings (SSSR count). The van der Waals surface area contributed by atoms with Crippen LogP contribution in [0.25, 0.3) is 11.0 Å². The molecular formula is C14H11BrO3. The third-order valence-corrected chi connectivity index (χ3v) is 5.18. The molecule has 2 bridgehead atoms. The van der Waals surface area contributed by atoms with Gasteiger partial charge in [-0.1, -0.05) is 34.1 Å². The molecule has 1 aromatic carbocycles. The molecule has 1 saturated carbocycles. The zero-order chi connectivity index (χ0) is 12.3. The van der Waals surface area contributed by atoms with E-state index in [2.05, 4.69) is 15.9 Å². The molecule has 1 aliphatic carbocycles. The number of fused-ring (bicyclic) bond motifs is 6. The maximum absolute atomic E-state index is 12.0. The minimum absolute atomic E-state index is 0.103. The fourth-order valence-electron chi connectivity index (χ4n) is 3.14. The van der Waals surface area contributed by atoms with Crippen LogP contribution in [-0.4, -0.2) is 10.9 Å². The summed E-state index contributed by atoms with van der Waals surface area (Å²) in [6.07, 6.45) is 2.15. The molecule has 1 aliphatic heterocycles. The second-order valence-electron chi connectivity index (χ2n) is 4.91. The Bertz CT molecular complexity index is 691. The number of benzene rings is 1. The van der Waals surface area contributed by atoms with Crippen LogP contribution in [-0.2, 0) is 0 Å². The number of hydrogen-bond donors (Lipinski definition) is 0. The Balaban J connectivity index is 2.12. The Labute approximate surface area is 112 Å². The van der Waals surface area contributed by atoms with Crippen LogP contribution in [0.2, 0.25) is 0 Å². The molecular weight excluding hydrogens is 296 g/mol. The lowest BCUT2D eigenvalue weighted by atomic mass is 9.92. The van der Waals surface area contributed by atoms with Gasteiger partial charge in [0.2, 0.25) is 5.75 Å². The Kier molecular flexibility index (Phi) is 2.13. The van der Waals surface area contributed by atoms with E-state index in [0.29, 0.717) is 22.1 Å². The van der Waals surface area contributed by atoms with E-state index in [-0.39, 0.29) is 11.7 Å². The van der Waals surface area contributed by atoms with Crippen molar-refractivity contribution in [1.82, 2.24) is 0 Å². The molecule has 0 amide bonds. The molecule has 0 saturated heterocycles. The summed E-state index contributed by atoms with van der Waals surface area (Å²) in [6, 6.07) is 7.68. The van der Waals surface area contributed by atoms with Gasteiger partial charge in [-0.05, 0) is 18.9 Å². The van der Waals surface area contributed by atoms with E-state index in [1.54, 1.807) is 0 Å². The molecule has 92 valence electrons. The van der Waals surface area contributed by atoms with Crippen molar-refractivity contribution in [2.75, 3.05) is 0 Å². The van der Waals surface area contributed by atoms with Gasteiger partial charge in [-0.15, -0.1) is 0 Å². The fraction of sp³-hybridized carbons (Fsp3) is 0.357. The first-order valence-electron chi connectivity index (χ1n) is 6.12. The van der Waals surface area contributed by atoms with Crippen molar-refractivity contribution in [3.05, 3.63) is 40.2 Å². The van der Waals surface area contributed by atoms with E-state index >= 15 is 0 Å². The molecule has 18 heavy (non-hydrogen) atoms. The van der Waals surface area contributed by atoms with E-state index in [4.69, 9.17) is 9.15 Å². The first kappa shape index (κ1) is 10.6. The Morgan fingerprint density at radius 3 is 2.94 bits per heavy atom. The maximum atomic E-state index is 12.0. The van der Waals surface area contributed by atoms with Gasteiger partial charge in [-0.25, -0.2) is 4.79 Å². The molecule has 0 radical (unpaired) electrons. The normalized spacial score (nSPS) is 29.1. The number of ether oxygens (including phenoxy) is 1. The van der Waals surface area contributed by atoms with Gasteiger partial charge in [-0.3, -0.25) is 0 Å². The van der Waals surface area contributed by atoms with E-state index in [0.717, 1.165) is 23.8 Å². The third-order valence-electron chi connectivity index (χ3n) is 3.95. The molecule has 3 atom stereocenters. The molecule has 3 unspecified atom stereocenters. The highest BCUT2D eigenvalue weighted by molar-refractivity contribution is 9.09. The highest BCUT2D eigenvalue weighted by Gasteiger charge is 2.44. The van der Waals surface area contributed by atoms with Crippen molar-refractivity contribution < 1.29 is 9.15 Å². The molecule has 0 spiro atoms. The summed E-state index contributed by atoms with van der Waals surface area (Å²) >= 11 is 3.70. The van der Waals surface area contributed by atoms with Crippen LogP contribution in [0.1, 0.15) is 24.3 Å². The zero-order valence-electron chi connectivity index (χ0n) is 9.56. The quantitative estimate of drug-likeness (QED) is 0.554. The van der Waals surface area contributed by atoms with Gasteiger partial charge in [-0.2, -0.15) is 0 Å². The standard InChI is InChI=1S/C14H11BrO3/c15-12-8-5-6-10(12)17-13-11(8)7-3-1-2-4-9(7)18-14(13)16/h1-4,8,10,12H,5-6H2. The lowest BCUT2D eigenvalue weighted by Gasteiger charge is -2.28. The van der Waals surface area contributed by atoms with Crippen molar-refractivity contribution in [2.24, 2.45) is 0 Å². The van der Waals surface area contributed by atoms with Crippen LogP contribution < -0.4 is 10.4 Å². The average Bonchev–Trinajstić information content (AvgIpc) is 2.62. The van der Waals surface area contributed by atoms with Crippen LogP contribution in [0.4, 0.5) is 0 Å². The molecule has 2 aromatic rings.